The molecule has 0 saturated carbocycles. The highest BCUT2D eigenvalue weighted by molar-refractivity contribution is 9.10. The molecule has 1 unspecified atom stereocenters. The number of nitrogens with zero attached hydrogens (tertiary/aromatic N) is 1. The molecule has 1 heterocycles. The van der Waals surface area contributed by atoms with Crippen LogP contribution in [-0.2, 0) is 12.8 Å². The van der Waals surface area contributed by atoms with E-state index < -0.39 is 0 Å². The number of hydrogen-bond donors (Lipinski definition) is 0. The number of benzene rings is 2. The van der Waals surface area contributed by atoms with Crippen LogP contribution in [0.2, 0.25) is 0 Å². The molecule has 0 saturated heterocycles. The van der Waals surface area contributed by atoms with Gasteiger partial charge in [0, 0.05) is 22.9 Å². The van der Waals surface area contributed by atoms with Crippen LogP contribution in [0.25, 0.3) is 0 Å². The average Bonchev–Trinajstić information content (AvgIpc) is 2.69. The Kier molecular flexibility index (Phi) is 6.10. The largest absolute Gasteiger partial charge is 0.493 e. The number of fused-ring (bicyclic) bond motifs is 1. The van der Waals surface area contributed by atoms with E-state index in [1.165, 1.54) is 16.7 Å². The van der Waals surface area contributed by atoms with E-state index in [4.69, 9.17) is 18.9 Å². The Labute approximate surface area is 175 Å². The van der Waals surface area contributed by atoms with E-state index in [1.54, 1.807) is 28.4 Å². The predicted molar refractivity (Wildman–Crippen MR) is 114 cm³/mol. The van der Waals surface area contributed by atoms with Crippen molar-refractivity contribution in [2.75, 3.05) is 49.1 Å². The Bertz CT molecular complexity index is 866. The Hall–Kier alpha value is -1.92. The minimum Gasteiger partial charge on any atom is -0.493 e. The molecule has 0 bridgehead atoms. The van der Waals surface area contributed by atoms with Crippen LogP contribution >= 0.6 is 15.9 Å². The summed E-state index contributed by atoms with van der Waals surface area (Å²) in [4.78, 5) is 0. The Morgan fingerprint density at radius 3 is 2.00 bits per heavy atom. The normalized spacial score (nSPS) is 17.6. The molecule has 5 nitrogen and oxygen atoms in total. The van der Waals surface area contributed by atoms with Gasteiger partial charge in [0.25, 0.3) is 0 Å². The molecule has 0 N–H and O–H groups in total. The van der Waals surface area contributed by atoms with Crippen molar-refractivity contribution < 1.29 is 23.4 Å². The summed E-state index contributed by atoms with van der Waals surface area (Å²) >= 11 is 3.72. The van der Waals surface area contributed by atoms with Gasteiger partial charge in [-0.2, -0.15) is 0 Å². The van der Waals surface area contributed by atoms with Gasteiger partial charge in [0.15, 0.2) is 23.0 Å². The smallest absolute Gasteiger partial charge is 0.161 e. The van der Waals surface area contributed by atoms with Crippen molar-refractivity contribution in [1.82, 2.24) is 0 Å². The molecular weight excluding hydrogens is 422 g/mol. The second kappa shape index (κ2) is 8.21. The van der Waals surface area contributed by atoms with Crippen molar-refractivity contribution in [2.24, 2.45) is 0 Å². The third kappa shape index (κ3) is 3.80. The molecule has 0 fully saturated rings. The maximum atomic E-state index is 5.58. The van der Waals surface area contributed by atoms with E-state index in [0.717, 1.165) is 51.3 Å². The summed E-state index contributed by atoms with van der Waals surface area (Å²) in [6.45, 7) is 1.07. The fraction of sp³-hybridized carbons (Fsp3) is 0.455. The summed E-state index contributed by atoms with van der Waals surface area (Å²) in [5.41, 5.74) is 3.84. The SMILES string of the molecule is COc1cc(Br)c(CC2c3cc(OC)c(OC)cc3CC[N+]2(C)C)cc1OC. The standard InChI is InChI=1S/C22H29BrNO4/c1-24(2)8-7-14-10-19(25-3)21(27-5)12-16(14)18(24)9-15-11-20(26-4)22(28-6)13-17(15)23/h10-13,18H,7-9H2,1-6H3/q+1. The Morgan fingerprint density at radius 1 is 0.857 bits per heavy atom. The molecule has 3 rings (SSSR count). The number of ether oxygens (including phenoxy) is 4. The van der Waals surface area contributed by atoms with Gasteiger partial charge in [0.2, 0.25) is 0 Å². The predicted octanol–water partition coefficient (Wildman–Crippen LogP) is 4.40. The second-order valence-corrected chi connectivity index (χ2v) is 8.53. The lowest BCUT2D eigenvalue weighted by molar-refractivity contribution is -0.923. The van der Waals surface area contributed by atoms with Gasteiger partial charge in [-0.1, -0.05) is 15.9 Å². The zero-order valence-electron chi connectivity index (χ0n) is 17.5. The lowest BCUT2D eigenvalue weighted by Crippen LogP contribution is -2.48. The lowest BCUT2D eigenvalue weighted by Gasteiger charge is -2.43. The molecule has 1 atom stereocenters. The van der Waals surface area contributed by atoms with Crippen LogP contribution in [0.5, 0.6) is 23.0 Å². The van der Waals surface area contributed by atoms with E-state index in [9.17, 15) is 0 Å². The molecule has 6 heteroatoms. The molecule has 0 aliphatic carbocycles. The molecule has 0 spiro atoms. The molecule has 1 aliphatic rings. The molecule has 2 aromatic carbocycles. The topological polar surface area (TPSA) is 36.9 Å². The summed E-state index contributed by atoms with van der Waals surface area (Å²) in [6, 6.07) is 8.61. The first-order valence-electron chi connectivity index (χ1n) is 9.32. The molecular formula is C22H29BrNO4+. The first-order valence-corrected chi connectivity index (χ1v) is 10.1. The quantitative estimate of drug-likeness (QED) is 0.611. The minimum atomic E-state index is 0.290. The van der Waals surface area contributed by atoms with Gasteiger partial charge in [0.1, 0.15) is 6.04 Å². The van der Waals surface area contributed by atoms with Crippen molar-refractivity contribution in [3.63, 3.8) is 0 Å². The summed E-state index contributed by atoms with van der Waals surface area (Å²) in [5.74, 6) is 3.04. The molecule has 0 radical (unpaired) electrons. The van der Waals surface area contributed by atoms with E-state index in [1.807, 2.05) is 6.07 Å². The van der Waals surface area contributed by atoms with Gasteiger partial charge < -0.3 is 23.4 Å². The zero-order chi connectivity index (χ0) is 20.5. The van der Waals surface area contributed by atoms with Gasteiger partial charge in [-0.3, -0.25) is 0 Å². The first kappa shape index (κ1) is 20.8. The molecule has 0 amide bonds. The van der Waals surface area contributed by atoms with Crippen LogP contribution in [0.4, 0.5) is 0 Å². The third-order valence-corrected chi connectivity index (χ3v) is 6.51. The van der Waals surface area contributed by atoms with Crippen molar-refractivity contribution in [3.8, 4) is 23.0 Å². The van der Waals surface area contributed by atoms with Crippen LogP contribution in [0.15, 0.2) is 28.7 Å². The highest BCUT2D eigenvalue weighted by Crippen LogP contribution is 2.43. The second-order valence-electron chi connectivity index (χ2n) is 7.68. The van der Waals surface area contributed by atoms with E-state index in [-0.39, 0.29) is 6.04 Å². The third-order valence-electron chi connectivity index (χ3n) is 5.77. The number of rotatable bonds is 6. The van der Waals surface area contributed by atoms with Crippen LogP contribution < -0.4 is 18.9 Å². The van der Waals surface area contributed by atoms with Gasteiger partial charge >= 0.3 is 0 Å². The van der Waals surface area contributed by atoms with Gasteiger partial charge in [-0.15, -0.1) is 0 Å². The van der Waals surface area contributed by atoms with Crippen molar-refractivity contribution in [1.29, 1.82) is 0 Å². The van der Waals surface area contributed by atoms with Crippen LogP contribution in [0, 0.1) is 0 Å². The highest BCUT2D eigenvalue weighted by Gasteiger charge is 2.37. The average molecular weight is 451 g/mol. The van der Waals surface area contributed by atoms with E-state index in [0.29, 0.717) is 0 Å². The summed E-state index contributed by atoms with van der Waals surface area (Å²) in [7, 11) is 11.3. The van der Waals surface area contributed by atoms with Gasteiger partial charge in [-0.05, 0) is 35.4 Å². The maximum Gasteiger partial charge on any atom is 0.161 e. The molecule has 1 aliphatic heterocycles. The number of likely N-dealkylation sites (N-methyl/N-ethyl adjacent to an activating group) is 1. The number of quaternary nitrogens is 1. The molecule has 2 aromatic rings. The minimum absolute atomic E-state index is 0.290. The van der Waals surface area contributed by atoms with E-state index >= 15 is 0 Å². The summed E-state index contributed by atoms with van der Waals surface area (Å²) in [5, 5.41) is 0. The van der Waals surface area contributed by atoms with Crippen molar-refractivity contribution >= 4 is 15.9 Å². The maximum absolute atomic E-state index is 5.58. The Morgan fingerprint density at radius 2 is 1.39 bits per heavy atom. The zero-order valence-corrected chi connectivity index (χ0v) is 19.1. The number of halogens is 1. The molecule has 0 aromatic heterocycles. The van der Waals surface area contributed by atoms with Gasteiger partial charge in [-0.25, -0.2) is 0 Å². The summed E-state index contributed by atoms with van der Waals surface area (Å²) < 4.78 is 24.0. The van der Waals surface area contributed by atoms with Gasteiger partial charge in [0.05, 0.1) is 49.1 Å². The van der Waals surface area contributed by atoms with Crippen LogP contribution in [0.1, 0.15) is 22.7 Å². The van der Waals surface area contributed by atoms with Crippen molar-refractivity contribution in [3.05, 3.63) is 45.4 Å². The number of methoxy groups -OCH3 is 4. The monoisotopic (exact) mass is 450 g/mol. The molecule has 152 valence electrons. The van der Waals surface area contributed by atoms with Crippen molar-refractivity contribution in [2.45, 2.75) is 18.9 Å². The fourth-order valence-corrected chi connectivity index (χ4v) is 4.51. The van der Waals surface area contributed by atoms with Crippen LogP contribution in [0.3, 0.4) is 0 Å². The molecule has 28 heavy (non-hydrogen) atoms. The lowest BCUT2D eigenvalue weighted by atomic mass is 9.87. The number of hydrogen-bond acceptors (Lipinski definition) is 4. The fourth-order valence-electron chi connectivity index (χ4n) is 4.02. The van der Waals surface area contributed by atoms with Crippen LogP contribution in [-0.4, -0.2) is 53.6 Å². The Balaban J connectivity index is 2.07. The summed E-state index contributed by atoms with van der Waals surface area (Å²) in [6.07, 6.45) is 1.89. The highest BCUT2D eigenvalue weighted by atomic mass is 79.9. The first-order chi connectivity index (χ1) is 13.3. The van der Waals surface area contributed by atoms with E-state index in [2.05, 4.69) is 48.2 Å².